The molecule has 4 heteroatoms. The van der Waals surface area contributed by atoms with Crippen LogP contribution >= 0.6 is 0 Å². The number of benzene rings is 1. The number of hydrogen-bond donors (Lipinski definition) is 0. The minimum absolute atomic E-state index is 0.0453. The van der Waals surface area contributed by atoms with Crippen LogP contribution in [0.25, 0.3) is 0 Å². The molecule has 0 unspecified atom stereocenters. The molecule has 0 spiro atoms. The molecule has 1 nitrogen and oxygen atoms in total. The Hall–Kier alpha value is -2.49. The fourth-order valence-electron chi connectivity index (χ4n) is 3.63. The zero-order valence-electron chi connectivity index (χ0n) is 15.8. The van der Waals surface area contributed by atoms with Crippen LogP contribution in [-0.4, -0.2) is 6.18 Å². The molecule has 1 aromatic carbocycles. The number of aryl methyl sites for hydroxylation is 1. The minimum atomic E-state index is -4.20. The van der Waals surface area contributed by atoms with Crippen molar-refractivity contribution >= 4 is 5.69 Å². The van der Waals surface area contributed by atoms with E-state index in [1.165, 1.54) is 6.08 Å². The molecule has 0 atom stereocenters. The summed E-state index contributed by atoms with van der Waals surface area (Å²) in [4.78, 5) is 2.09. The Kier molecular flexibility index (Phi) is 5.18. The molecule has 3 aliphatic carbocycles. The molecule has 1 aromatic rings. The lowest BCUT2D eigenvalue weighted by molar-refractivity contribution is -0.218. The lowest BCUT2D eigenvalue weighted by Gasteiger charge is -2.44. The Bertz CT molecular complexity index is 858. The predicted octanol–water partition coefficient (Wildman–Crippen LogP) is 7.00. The second-order valence-corrected chi connectivity index (χ2v) is 7.27. The molecule has 1 fully saturated rings. The van der Waals surface area contributed by atoms with Crippen LogP contribution in [0.4, 0.5) is 18.9 Å². The summed E-state index contributed by atoms with van der Waals surface area (Å²) in [5.74, 6) is 0. The van der Waals surface area contributed by atoms with Crippen molar-refractivity contribution in [3.63, 3.8) is 0 Å². The highest BCUT2D eigenvalue weighted by atomic mass is 19.4. The van der Waals surface area contributed by atoms with E-state index in [1.54, 1.807) is 12.2 Å². The average molecular weight is 371 g/mol. The van der Waals surface area contributed by atoms with E-state index in [9.17, 15) is 13.2 Å². The number of alkyl halides is 3. The highest BCUT2D eigenvalue weighted by Crippen LogP contribution is 2.57. The minimum Gasteiger partial charge on any atom is -0.315 e. The van der Waals surface area contributed by atoms with Gasteiger partial charge in [-0.15, -0.1) is 0 Å². The Labute approximate surface area is 158 Å². The molecule has 2 bridgehead atoms. The number of halogens is 3. The van der Waals surface area contributed by atoms with Crippen molar-refractivity contribution in [2.45, 2.75) is 39.8 Å². The number of anilines is 1. The first-order chi connectivity index (χ1) is 12.8. The normalized spacial score (nSPS) is 25.8. The van der Waals surface area contributed by atoms with Gasteiger partial charge in [0.1, 0.15) is 0 Å². The van der Waals surface area contributed by atoms with Gasteiger partial charge in [-0.2, -0.15) is 13.2 Å². The van der Waals surface area contributed by atoms with Gasteiger partial charge in [0.2, 0.25) is 0 Å². The maximum absolute atomic E-state index is 13.4. The molecule has 4 rings (SSSR count). The van der Waals surface area contributed by atoms with Crippen LogP contribution in [0.1, 0.15) is 32.3 Å². The third-order valence-corrected chi connectivity index (χ3v) is 5.08. The summed E-state index contributed by atoms with van der Waals surface area (Å²) in [5.41, 5.74) is 3.14. The van der Waals surface area contributed by atoms with Crippen LogP contribution in [0.2, 0.25) is 0 Å². The van der Waals surface area contributed by atoms with Crippen LogP contribution in [0.5, 0.6) is 0 Å². The van der Waals surface area contributed by atoms with Crippen molar-refractivity contribution in [3.8, 4) is 0 Å². The van der Waals surface area contributed by atoms with Gasteiger partial charge in [0.15, 0.2) is 0 Å². The smallest absolute Gasteiger partial charge is 0.315 e. The van der Waals surface area contributed by atoms with Gasteiger partial charge in [0, 0.05) is 17.1 Å². The number of hydrogen-bond acceptors (Lipinski definition) is 1. The molecular weight excluding hydrogens is 347 g/mol. The molecule has 0 aliphatic heterocycles. The molecule has 0 amide bonds. The second kappa shape index (κ2) is 7.26. The molecule has 27 heavy (non-hydrogen) atoms. The molecule has 0 saturated heterocycles. The van der Waals surface area contributed by atoms with Crippen molar-refractivity contribution in [2.75, 3.05) is 4.90 Å². The molecule has 0 heterocycles. The molecule has 1 saturated carbocycles. The Morgan fingerprint density at radius 3 is 2.59 bits per heavy atom. The van der Waals surface area contributed by atoms with Crippen LogP contribution in [0.3, 0.4) is 0 Å². The lowest BCUT2D eigenvalue weighted by atomic mass is 9.64. The molecule has 0 radical (unpaired) electrons. The van der Waals surface area contributed by atoms with E-state index in [0.717, 1.165) is 28.2 Å². The summed E-state index contributed by atoms with van der Waals surface area (Å²) in [5, 5.41) is 0. The van der Waals surface area contributed by atoms with Crippen LogP contribution in [-0.2, 0) is 0 Å². The lowest BCUT2D eigenvalue weighted by Crippen LogP contribution is -2.44. The van der Waals surface area contributed by atoms with Crippen LogP contribution < -0.4 is 4.90 Å². The van der Waals surface area contributed by atoms with Gasteiger partial charge in [-0.05, 0) is 69.5 Å². The first-order valence-electron chi connectivity index (χ1n) is 9.08. The van der Waals surface area contributed by atoms with Gasteiger partial charge in [-0.25, -0.2) is 0 Å². The summed E-state index contributed by atoms with van der Waals surface area (Å²) in [7, 11) is 0. The molecule has 3 aliphatic rings. The average Bonchev–Trinajstić information content (AvgIpc) is 2.52. The van der Waals surface area contributed by atoms with Gasteiger partial charge in [0.05, 0.1) is 5.41 Å². The van der Waals surface area contributed by atoms with E-state index in [-0.39, 0.29) is 12.8 Å². The van der Waals surface area contributed by atoms with Crippen LogP contribution in [0.15, 0.2) is 83.8 Å². The number of rotatable bonds is 4. The topological polar surface area (TPSA) is 3.24 Å². The quantitative estimate of drug-likeness (QED) is 0.515. The molecule has 0 aromatic heterocycles. The third kappa shape index (κ3) is 3.80. The maximum atomic E-state index is 13.4. The molecular formula is C23H24F3N. The zero-order chi connectivity index (χ0) is 19.7. The first kappa shape index (κ1) is 19.3. The van der Waals surface area contributed by atoms with Crippen molar-refractivity contribution in [2.24, 2.45) is 5.41 Å². The first-order valence-corrected chi connectivity index (χ1v) is 9.08. The number of allylic oxidation sites excluding steroid dienone is 9. The molecule has 0 N–H and O–H groups in total. The number of nitrogens with zero attached hydrogens (tertiary/aromatic N) is 1. The summed E-state index contributed by atoms with van der Waals surface area (Å²) in [6, 6.07) is 8.12. The van der Waals surface area contributed by atoms with Gasteiger partial charge >= 0.3 is 6.18 Å². The van der Waals surface area contributed by atoms with Crippen LogP contribution in [0, 0.1) is 12.3 Å². The Morgan fingerprint density at radius 1 is 1.22 bits per heavy atom. The van der Waals surface area contributed by atoms with Gasteiger partial charge < -0.3 is 4.90 Å². The van der Waals surface area contributed by atoms with E-state index in [1.807, 2.05) is 63.3 Å². The van der Waals surface area contributed by atoms with Gasteiger partial charge in [-0.3, -0.25) is 0 Å². The maximum Gasteiger partial charge on any atom is 0.398 e. The summed E-state index contributed by atoms with van der Waals surface area (Å²) in [6.07, 6.45) is 8.36. The summed E-state index contributed by atoms with van der Waals surface area (Å²) < 4.78 is 40.1. The van der Waals surface area contributed by atoms with Crippen molar-refractivity contribution in [1.29, 1.82) is 0 Å². The van der Waals surface area contributed by atoms with E-state index in [0.29, 0.717) is 0 Å². The monoisotopic (exact) mass is 371 g/mol. The van der Waals surface area contributed by atoms with Gasteiger partial charge in [0.25, 0.3) is 0 Å². The predicted molar refractivity (Wildman–Crippen MR) is 105 cm³/mol. The molecule has 142 valence electrons. The number of fused-ring (bicyclic) bond motifs is 2. The van der Waals surface area contributed by atoms with E-state index < -0.39 is 11.6 Å². The SMILES string of the molecule is C/C=C\C=C(/C)N(/C1=C/C=C\C2(C(F)(F)F)CC(=C1)C2)c1cccc(C)c1. The standard InChI is InChI=1S/C23H24F3N/c1-4-5-9-18(3)27(20-10-6-8-17(2)13-20)21-11-7-12-22(23(24,25)26)15-19(14-21)16-22/h4-14H,15-16H2,1-3H3/b5-4-,12-7-,18-9+,19-14?,21-11+. The fourth-order valence-corrected chi connectivity index (χ4v) is 3.63. The Morgan fingerprint density at radius 2 is 1.96 bits per heavy atom. The van der Waals surface area contributed by atoms with E-state index >= 15 is 0 Å². The fraction of sp³-hybridized carbons (Fsp3) is 0.304. The zero-order valence-corrected chi connectivity index (χ0v) is 15.8. The third-order valence-electron chi connectivity index (χ3n) is 5.08. The Balaban J connectivity index is 2.05. The van der Waals surface area contributed by atoms with Gasteiger partial charge in [-0.1, -0.05) is 42.0 Å². The largest absolute Gasteiger partial charge is 0.398 e. The van der Waals surface area contributed by atoms with Crippen molar-refractivity contribution < 1.29 is 13.2 Å². The van der Waals surface area contributed by atoms with Crippen molar-refractivity contribution in [3.05, 3.63) is 89.3 Å². The highest BCUT2D eigenvalue weighted by Gasteiger charge is 2.58. The van der Waals surface area contributed by atoms with Crippen molar-refractivity contribution in [1.82, 2.24) is 0 Å². The van der Waals surface area contributed by atoms with E-state index in [4.69, 9.17) is 0 Å². The second-order valence-electron chi connectivity index (χ2n) is 7.27. The van der Waals surface area contributed by atoms with E-state index in [2.05, 4.69) is 11.0 Å². The summed E-state index contributed by atoms with van der Waals surface area (Å²) in [6.45, 7) is 5.98. The highest BCUT2D eigenvalue weighted by molar-refractivity contribution is 5.63. The summed E-state index contributed by atoms with van der Waals surface area (Å²) >= 11 is 0.